The van der Waals surface area contributed by atoms with Crippen LogP contribution < -0.4 is 10.1 Å². The number of hydrogen-bond acceptors (Lipinski definition) is 3. The molecule has 0 saturated heterocycles. The molecular weight excluding hydrogens is 310 g/mol. The molecule has 0 heterocycles. The fraction of sp³-hybridized carbons (Fsp3) is 0.0714. The number of benzene rings is 2. The van der Waals surface area contributed by atoms with Gasteiger partial charge in [0.25, 0.3) is 5.91 Å². The third kappa shape index (κ3) is 3.26. The van der Waals surface area contributed by atoms with Crippen molar-refractivity contribution in [2.45, 2.75) is 0 Å². The van der Waals surface area contributed by atoms with Gasteiger partial charge in [0.15, 0.2) is 0 Å². The first-order chi connectivity index (χ1) is 9.10. The maximum absolute atomic E-state index is 12.0. The lowest BCUT2D eigenvalue weighted by molar-refractivity contribution is 0.102. The number of phenols is 1. The van der Waals surface area contributed by atoms with E-state index in [0.717, 1.165) is 0 Å². The summed E-state index contributed by atoms with van der Waals surface area (Å²) in [6, 6.07) is 11.6. The minimum atomic E-state index is -0.222. The number of amides is 1. The normalized spacial score (nSPS) is 10.0. The molecule has 0 bridgehead atoms. The predicted molar refractivity (Wildman–Crippen MR) is 76.8 cm³/mol. The van der Waals surface area contributed by atoms with Crippen LogP contribution in [0.1, 0.15) is 10.4 Å². The van der Waals surface area contributed by atoms with Crippen LogP contribution in [0.5, 0.6) is 11.5 Å². The largest absolute Gasteiger partial charge is 0.507 e. The third-order valence-electron chi connectivity index (χ3n) is 2.56. The maximum Gasteiger partial charge on any atom is 0.255 e. The summed E-state index contributed by atoms with van der Waals surface area (Å²) in [7, 11) is 1.57. The summed E-state index contributed by atoms with van der Waals surface area (Å²) < 4.78 is 5.56. The number of carbonyl (C=O) groups is 1. The number of halogens is 1. The quantitative estimate of drug-likeness (QED) is 0.852. The van der Waals surface area contributed by atoms with E-state index >= 15 is 0 Å². The van der Waals surface area contributed by atoms with Crippen LogP contribution in [0, 0.1) is 0 Å². The van der Waals surface area contributed by atoms with E-state index in [1.807, 2.05) is 0 Å². The number of hydrogen-bond donors (Lipinski definition) is 2. The molecule has 2 aromatic rings. The molecule has 2 aromatic carbocycles. The minimum Gasteiger partial charge on any atom is -0.507 e. The Labute approximate surface area is 119 Å². The molecule has 19 heavy (non-hydrogen) atoms. The van der Waals surface area contributed by atoms with E-state index in [-0.39, 0.29) is 11.7 Å². The number of ether oxygens (including phenoxy) is 1. The van der Waals surface area contributed by atoms with E-state index in [2.05, 4.69) is 21.2 Å². The third-order valence-corrected chi connectivity index (χ3v) is 3.19. The molecular formula is C14H12BrNO3. The summed E-state index contributed by atoms with van der Waals surface area (Å²) in [5.41, 5.74) is 1.13. The lowest BCUT2D eigenvalue weighted by atomic mass is 10.2. The standard InChI is InChI=1S/C14H12BrNO3/c1-19-11-5-2-9(3-6-11)14(18)16-10-4-7-13(17)12(15)8-10/h2-8,17H,1H3,(H,16,18). The molecule has 2 rings (SSSR count). The van der Waals surface area contributed by atoms with Gasteiger partial charge in [-0.25, -0.2) is 0 Å². The van der Waals surface area contributed by atoms with Crippen molar-refractivity contribution in [3.63, 3.8) is 0 Å². The van der Waals surface area contributed by atoms with Crippen LogP contribution in [0.3, 0.4) is 0 Å². The molecule has 0 aliphatic rings. The number of carbonyl (C=O) groups excluding carboxylic acids is 1. The molecule has 1 amide bonds. The van der Waals surface area contributed by atoms with E-state index < -0.39 is 0 Å². The molecule has 0 aliphatic heterocycles. The molecule has 4 nitrogen and oxygen atoms in total. The van der Waals surface area contributed by atoms with Crippen molar-refractivity contribution in [3.05, 3.63) is 52.5 Å². The molecule has 0 saturated carbocycles. The molecule has 98 valence electrons. The Morgan fingerprint density at radius 1 is 1.21 bits per heavy atom. The van der Waals surface area contributed by atoms with Crippen molar-refractivity contribution in [3.8, 4) is 11.5 Å². The summed E-state index contributed by atoms with van der Waals surface area (Å²) in [6.07, 6.45) is 0. The van der Waals surface area contributed by atoms with Crippen molar-refractivity contribution in [2.75, 3.05) is 12.4 Å². The average Bonchev–Trinajstić information content (AvgIpc) is 2.43. The van der Waals surface area contributed by atoms with Crippen LogP contribution in [0.15, 0.2) is 46.9 Å². The molecule has 0 unspecified atom stereocenters. The molecule has 0 aliphatic carbocycles. The van der Waals surface area contributed by atoms with Crippen molar-refractivity contribution in [1.82, 2.24) is 0 Å². The van der Waals surface area contributed by atoms with E-state index in [1.165, 1.54) is 6.07 Å². The number of anilines is 1. The van der Waals surface area contributed by atoms with Crippen LogP contribution in [0.2, 0.25) is 0 Å². The van der Waals surface area contributed by atoms with Crippen LogP contribution in [0.4, 0.5) is 5.69 Å². The van der Waals surface area contributed by atoms with Gasteiger partial charge >= 0.3 is 0 Å². The fourth-order valence-corrected chi connectivity index (χ4v) is 1.91. The zero-order valence-corrected chi connectivity index (χ0v) is 11.8. The number of rotatable bonds is 3. The van der Waals surface area contributed by atoms with Crippen LogP contribution in [-0.4, -0.2) is 18.1 Å². The van der Waals surface area contributed by atoms with Gasteiger partial charge in [0.2, 0.25) is 0 Å². The SMILES string of the molecule is COc1ccc(C(=O)Nc2ccc(O)c(Br)c2)cc1. The first kappa shape index (κ1) is 13.4. The first-order valence-electron chi connectivity index (χ1n) is 5.54. The van der Waals surface area contributed by atoms with Crippen molar-refractivity contribution < 1.29 is 14.6 Å². The highest BCUT2D eigenvalue weighted by atomic mass is 79.9. The highest BCUT2D eigenvalue weighted by molar-refractivity contribution is 9.10. The summed E-state index contributed by atoms with van der Waals surface area (Å²) in [5.74, 6) is 0.603. The topological polar surface area (TPSA) is 58.6 Å². The summed E-state index contributed by atoms with van der Waals surface area (Å²) in [5, 5.41) is 12.1. The maximum atomic E-state index is 12.0. The molecule has 0 spiro atoms. The van der Waals surface area contributed by atoms with Gasteiger partial charge < -0.3 is 15.2 Å². The Morgan fingerprint density at radius 2 is 1.89 bits per heavy atom. The van der Waals surface area contributed by atoms with Gasteiger partial charge in [0, 0.05) is 11.3 Å². The summed E-state index contributed by atoms with van der Waals surface area (Å²) >= 11 is 3.19. The minimum absolute atomic E-state index is 0.127. The molecule has 0 atom stereocenters. The van der Waals surface area contributed by atoms with Gasteiger partial charge in [0.05, 0.1) is 11.6 Å². The fourth-order valence-electron chi connectivity index (χ4n) is 1.53. The highest BCUT2D eigenvalue weighted by Gasteiger charge is 2.07. The van der Waals surface area contributed by atoms with Crippen molar-refractivity contribution in [2.24, 2.45) is 0 Å². The van der Waals surface area contributed by atoms with Crippen LogP contribution in [0.25, 0.3) is 0 Å². The smallest absolute Gasteiger partial charge is 0.255 e. The average molecular weight is 322 g/mol. The number of methoxy groups -OCH3 is 1. The Bertz CT molecular complexity index is 596. The molecule has 0 aromatic heterocycles. The van der Waals surface area contributed by atoms with Gasteiger partial charge in [-0.2, -0.15) is 0 Å². The second kappa shape index (κ2) is 5.75. The first-order valence-corrected chi connectivity index (χ1v) is 6.33. The van der Waals surface area contributed by atoms with E-state index in [4.69, 9.17) is 4.74 Å². The Kier molecular flexibility index (Phi) is 4.06. The summed E-state index contributed by atoms with van der Waals surface area (Å²) in [4.78, 5) is 12.0. The monoisotopic (exact) mass is 321 g/mol. The van der Waals surface area contributed by atoms with Crippen molar-refractivity contribution >= 4 is 27.5 Å². The molecule has 5 heteroatoms. The lowest BCUT2D eigenvalue weighted by Gasteiger charge is -2.07. The van der Waals surface area contributed by atoms with Crippen LogP contribution in [-0.2, 0) is 0 Å². The molecule has 0 fully saturated rings. The van der Waals surface area contributed by atoms with E-state index in [0.29, 0.717) is 21.5 Å². The molecule has 2 N–H and O–H groups in total. The second-order valence-corrected chi connectivity index (χ2v) is 4.70. The van der Waals surface area contributed by atoms with E-state index in [9.17, 15) is 9.90 Å². The van der Waals surface area contributed by atoms with Gasteiger partial charge in [-0.1, -0.05) is 0 Å². The van der Waals surface area contributed by atoms with E-state index in [1.54, 1.807) is 43.5 Å². The summed E-state index contributed by atoms with van der Waals surface area (Å²) in [6.45, 7) is 0. The Morgan fingerprint density at radius 3 is 2.47 bits per heavy atom. The van der Waals surface area contributed by atoms with Gasteiger partial charge in [-0.15, -0.1) is 0 Å². The van der Waals surface area contributed by atoms with Gasteiger partial charge in [-0.05, 0) is 58.4 Å². The Hall–Kier alpha value is -2.01. The lowest BCUT2D eigenvalue weighted by Crippen LogP contribution is -2.11. The zero-order chi connectivity index (χ0) is 13.8. The molecule has 0 radical (unpaired) electrons. The highest BCUT2D eigenvalue weighted by Crippen LogP contribution is 2.26. The zero-order valence-electron chi connectivity index (χ0n) is 10.2. The van der Waals surface area contributed by atoms with Crippen molar-refractivity contribution in [1.29, 1.82) is 0 Å². The van der Waals surface area contributed by atoms with Gasteiger partial charge in [0.1, 0.15) is 11.5 Å². The Balaban J connectivity index is 2.13. The number of phenolic OH excluding ortho intramolecular Hbond substituents is 1. The van der Waals surface area contributed by atoms with Crippen LogP contribution >= 0.6 is 15.9 Å². The number of nitrogens with one attached hydrogen (secondary N) is 1. The number of aromatic hydroxyl groups is 1. The van der Waals surface area contributed by atoms with Gasteiger partial charge in [-0.3, -0.25) is 4.79 Å². The predicted octanol–water partition coefficient (Wildman–Crippen LogP) is 3.42. The second-order valence-electron chi connectivity index (χ2n) is 3.85.